The number of nitrogens with one attached hydrogen (secondary N) is 2. The van der Waals surface area contributed by atoms with Gasteiger partial charge in [-0.1, -0.05) is 32.9 Å². The molecule has 0 saturated carbocycles. The van der Waals surface area contributed by atoms with E-state index in [1.54, 1.807) is 11.8 Å². The molecule has 4 heteroatoms. The summed E-state index contributed by atoms with van der Waals surface area (Å²) in [5.41, 5.74) is 1.26. The lowest BCUT2D eigenvalue weighted by Crippen LogP contribution is -2.28. The van der Waals surface area contributed by atoms with Crippen molar-refractivity contribution in [3.8, 4) is 0 Å². The Kier molecular flexibility index (Phi) is 7.70. The van der Waals surface area contributed by atoms with Crippen LogP contribution in [0, 0.1) is 5.92 Å². The Bertz CT molecular complexity index is 421. The van der Waals surface area contributed by atoms with Crippen LogP contribution >= 0.6 is 11.8 Å². The average molecular weight is 294 g/mol. The Morgan fingerprint density at radius 2 is 2.05 bits per heavy atom. The zero-order valence-electron chi connectivity index (χ0n) is 12.9. The number of carbonyl (C=O) groups is 1. The van der Waals surface area contributed by atoms with Gasteiger partial charge in [-0.15, -0.1) is 11.8 Å². The Hall–Kier alpha value is -1.00. The average Bonchev–Trinajstić information content (AvgIpc) is 2.43. The van der Waals surface area contributed by atoms with Gasteiger partial charge in [0.15, 0.2) is 0 Å². The fourth-order valence-corrected chi connectivity index (χ4v) is 2.61. The van der Waals surface area contributed by atoms with E-state index in [9.17, 15) is 4.79 Å². The maximum Gasteiger partial charge on any atom is 0.230 e. The molecule has 0 saturated heterocycles. The van der Waals surface area contributed by atoms with Crippen LogP contribution in [-0.2, 0) is 4.79 Å². The van der Waals surface area contributed by atoms with Crippen molar-refractivity contribution in [2.75, 3.05) is 18.8 Å². The van der Waals surface area contributed by atoms with Crippen molar-refractivity contribution in [1.82, 2.24) is 10.6 Å². The molecule has 3 nitrogen and oxygen atoms in total. The first kappa shape index (κ1) is 17.1. The van der Waals surface area contributed by atoms with Gasteiger partial charge in [0, 0.05) is 17.5 Å². The normalized spacial score (nSPS) is 12.4. The third kappa shape index (κ3) is 6.44. The Morgan fingerprint density at radius 1 is 1.30 bits per heavy atom. The number of hydrogen-bond acceptors (Lipinski definition) is 3. The second kappa shape index (κ2) is 9.03. The second-order valence-electron chi connectivity index (χ2n) is 5.34. The maximum atomic E-state index is 11.7. The maximum absolute atomic E-state index is 11.7. The lowest BCUT2D eigenvalue weighted by molar-refractivity contribution is -0.118. The zero-order chi connectivity index (χ0) is 15.0. The minimum Gasteiger partial charge on any atom is -0.355 e. The van der Waals surface area contributed by atoms with Crippen molar-refractivity contribution in [2.24, 2.45) is 5.92 Å². The van der Waals surface area contributed by atoms with Gasteiger partial charge in [-0.05, 0) is 37.1 Å². The van der Waals surface area contributed by atoms with Gasteiger partial charge in [-0.3, -0.25) is 4.79 Å². The quantitative estimate of drug-likeness (QED) is 0.723. The van der Waals surface area contributed by atoms with Gasteiger partial charge in [0.1, 0.15) is 0 Å². The summed E-state index contributed by atoms with van der Waals surface area (Å²) in [4.78, 5) is 12.8. The third-order valence-electron chi connectivity index (χ3n) is 2.95. The van der Waals surface area contributed by atoms with Crippen LogP contribution in [0.15, 0.2) is 29.2 Å². The Balaban J connectivity index is 2.48. The Morgan fingerprint density at radius 3 is 2.70 bits per heavy atom. The van der Waals surface area contributed by atoms with Crippen LogP contribution in [0.1, 0.15) is 39.3 Å². The summed E-state index contributed by atoms with van der Waals surface area (Å²) in [6, 6.07) is 8.74. The first-order valence-electron chi connectivity index (χ1n) is 7.25. The molecule has 0 aliphatic heterocycles. The zero-order valence-corrected chi connectivity index (χ0v) is 13.7. The van der Waals surface area contributed by atoms with Crippen LogP contribution in [0.25, 0.3) is 0 Å². The lowest BCUT2D eigenvalue weighted by Gasteiger charge is -2.13. The fraction of sp³-hybridized carbons (Fsp3) is 0.562. The highest BCUT2D eigenvalue weighted by Crippen LogP contribution is 2.22. The first-order valence-corrected chi connectivity index (χ1v) is 8.24. The summed E-state index contributed by atoms with van der Waals surface area (Å²) >= 11 is 1.59. The molecule has 0 bridgehead atoms. The summed E-state index contributed by atoms with van der Waals surface area (Å²) in [7, 11) is 0. The van der Waals surface area contributed by atoms with E-state index < -0.39 is 0 Å². The number of rotatable bonds is 8. The van der Waals surface area contributed by atoms with Gasteiger partial charge in [0.2, 0.25) is 5.91 Å². The van der Waals surface area contributed by atoms with E-state index in [-0.39, 0.29) is 5.91 Å². The number of thioether (sulfide) groups is 1. The van der Waals surface area contributed by atoms with Gasteiger partial charge >= 0.3 is 0 Å². The van der Waals surface area contributed by atoms with E-state index in [2.05, 4.69) is 62.6 Å². The van der Waals surface area contributed by atoms with Gasteiger partial charge in [-0.2, -0.15) is 0 Å². The van der Waals surface area contributed by atoms with Gasteiger partial charge in [0.25, 0.3) is 0 Å². The van der Waals surface area contributed by atoms with Crippen molar-refractivity contribution in [2.45, 2.75) is 38.6 Å². The molecule has 1 atom stereocenters. The Labute approximate surface area is 126 Å². The summed E-state index contributed by atoms with van der Waals surface area (Å²) in [6.45, 7) is 10.2. The summed E-state index contributed by atoms with van der Waals surface area (Å²) in [6.07, 6.45) is 0. The van der Waals surface area contributed by atoms with Crippen molar-refractivity contribution in [3.63, 3.8) is 0 Å². The number of carbonyl (C=O) groups excluding carboxylic acids is 1. The van der Waals surface area contributed by atoms with Crippen molar-refractivity contribution in [1.29, 1.82) is 0 Å². The molecule has 0 aliphatic carbocycles. The predicted molar refractivity (Wildman–Crippen MR) is 87.1 cm³/mol. The minimum absolute atomic E-state index is 0.105. The van der Waals surface area contributed by atoms with Crippen LogP contribution in [0.2, 0.25) is 0 Å². The smallest absolute Gasteiger partial charge is 0.230 e. The van der Waals surface area contributed by atoms with Crippen molar-refractivity contribution in [3.05, 3.63) is 29.8 Å². The van der Waals surface area contributed by atoms with Gasteiger partial charge in [0.05, 0.1) is 5.75 Å². The molecule has 1 aromatic rings. The topological polar surface area (TPSA) is 41.1 Å². The molecule has 1 aromatic carbocycles. The van der Waals surface area contributed by atoms with Gasteiger partial charge < -0.3 is 10.6 Å². The molecule has 0 spiro atoms. The molecule has 0 fully saturated rings. The molecule has 112 valence electrons. The van der Waals surface area contributed by atoms with Crippen LogP contribution in [0.3, 0.4) is 0 Å². The highest BCUT2D eigenvalue weighted by molar-refractivity contribution is 8.00. The fourth-order valence-electron chi connectivity index (χ4n) is 1.82. The van der Waals surface area contributed by atoms with E-state index in [4.69, 9.17) is 0 Å². The highest BCUT2D eigenvalue weighted by atomic mass is 32.2. The number of benzene rings is 1. The number of hydrogen-bond donors (Lipinski definition) is 2. The summed E-state index contributed by atoms with van der Waals surface area (Å²) in [5.74, 6) is 1.08. The molecular formula is C16H26N2OS. The molecule has 0 aromatic heterocycles. The SMILES string of the molecule is CCNC(C)c1cccc(SCC(=O)NCC(C)C)c1. The highest BCUT2D eigenvalue weighted by Gasteiger charge is 2.07. The first-order chi connectivity index (χ1) is 9.52. The summed E-state index contributed by atoms with van der Waals surface area (Å²) in [5, 5.41) is 6.34. The molecule has 2 N–H and O–H groups in total. The third-order valence-corrected chi connectivity index (χ3v) is 3.94. The lowest BCUT2D eigenvalue weighted by atomic mass is 10.1. The van der Waals surface area contributed by atoms with E-state index >= 15 is 0 Å². The summed E-state index contributed by atoms with van der Waals surface area (Å²) < 4.78 is 0. The van der Waals surface area contributed by atoms with E-state index in [0.29, 0.717) is 17.7 Å². The molecule has 1 rings (SSSR count). The molecule has 1 unspecified atom stereocenters. The van der Waals surface area contributed by atoms with Crippen molar-refractivity contribution >= 4 is 17.7 Å². The molecule has 1 amide bonds. The predicted octanol–water partition coefficient (Wildman–Crippen LogP) is 3.22. The molecule has 0 radical (unpaired) electrons. The van der Waals surface area contributed by atoms with Crippen LogP contribution in [-0.4, -0.2) is 24.7 Å². The minimum atomic E-state index is 0.105. The van der Waals surface area contributed by atoms with E-state index in [1.807, 2.05) is 0 Å². The number of amides is 1. The molecule has 20 heavy (non-hydrogen) atoms. The molecule has 0 aliphatic rings. The van der Waals surface area contributed by atoms with E-state index in [1.165, 1.54) is 5.56 Å². The monoisotopic (exact) mass is 294 g/mol. The van der Waals surface area contributed by atoms with E-state index in [0.717, 1.165) is 18.0 Å². The van der Waals surface area contributed by atoms with Gasteiger partial charge in [-0.25, -0.2) is 0 Å². The van der Waals surface area contributed by atoms with Crippen LogP contribution in [0.4, 0.5) is 0 Å². The molecular weight excluding hydrogens is 268 g/mol. The standard InChI is InChI=1S/C16H26N2OS/c1-5-17-13(4)14-7-6-8-15(9-14)20-11-16(19)18-10-12(2)3/h6-9,12-13,17H,5,10-11H2,1-4H3,(H,18,19). The van der Waals surface area contributed by atoms with Crippen molar-refractivity contribution < 1.29 is 4.79 Å². The van der Waals surface area contributed by atoms with Crippen LogP contribution < -0.4 is 10.6 Å². The van der Waals surface area contributed by atoms with Crippen LogP contribution in [0.5, 0.6) is 0 Å². The molecule has 0 heterocycles. The second-order valence-corrected chi connectivity index (χ2v) is 6.39. The largest absolute Gasteiger partial charge is 0.355 e.